The molecule has 0 radical (unpaired) electrons. The van der Waals surface area contributed by atoms with E-state index in [1.807, 2.05) is 30.3 Å². The first-order valence-corrected chi connectivity index (χ1v) is 9.97. The lowest BCUT2D eigenvalue weighted by atomic mass is 10.1. The first-order valence-electron chi connectivity index (χ1n) is 9.97. The van der Waals surface area contributed by atoms with E-state index in [4.69, 9.17) is 9.72 Å². The van der Waals surface area contributed by atoms with Gasteiger partial charge in [-0.15, -0.1) is 6.58 Å². The first-order chi connectivity index (χ1) is 14.2. The Labute approximate surface area is 172 Å². The molecule has 0 spiro atoms. The van der Waals surface area contributed by atoms with Crippen LogP contribution < -0.4 is 4.74 Å². The van der Waals surface area contributed by atoms with Crippen molar-refractivity contribution in [3.8, 4) is 5.75 Å². The zero-order chi connectivity index (χ0) is 20.2. The van der Waals surface area contributed by atoms with Gasteiger partial charge in [0.2, 0.25) is 0 Å². The second-order valence-electron chi connectivity index (χ2n) is 7.42. The van der Waals surface area contributed by atoms with Crippen LogP contribution in [0.4, 0.5) is 0 Å². The summed E-state index contributed by atoms with van der Waals surface area (Å²) in [5, 5.41) is 0. The normalized spacial score (nSPS) is 11.0. The molecule has 3 heteroatoms. The van der Waals surface area contributed by atoms with Crippen LogP contribution in [0.25, 0.3) is 11.0 Å². The Morgan fingerprint density at radius 3 is 2.62 bits per heavy atom. The van der Waals surface area contributed by atoms with Crippen LogP contribution in [-0.2, 0) is 19.6 Å². The molecule has 146 valence electrons. The van der Waals surface area contributed by atoms with Gasteiger partial charge in [-0.3, -0.25) is 0 Å². The van der Waals surface area contributed by atoms with E-state index in [-0.39, 0.29) is 0 Å². The minimum absolute atomic E-state index is 0.424. The maximum absolute atomic E-state index is 6.21. The number of hydrogen-bond donors (Lipinski definition) is 0. The number of nitrogens with zero attached hydrogens (tertiary/aromatic N) is 2. The van der Waals surface area contributed by atoms with Crippen LogP contribution in [0.3, 0.4) is 0 Å². The molecule has 0 saturated heterocycles. The largest absolute Gasteiger partial charge is 0.485 e. The zero-order valence-electron chi connectivity index (χ0n) is 17.1. The second-order valence-corrected chi connectivity index (χ2v) is 7.42. The molecule has 0 atom stereocenters. The Morgan fingerprint density at radius 2 is 1.76 bits per heavy atom. The maximum Gasteiger partial charge on any atom is 0.148 e. The number of para-hydroxylation sites is 3. The summed E-state index contributed by atoms with van der Waals surface area (Å²) in [6.07, 6.45) is 2.69. The van der Waals surface area contributed by atoms with Crippen LogP contribution in [0.5, 0.6) is 5.75 Å². The highest BCUT2D eigenvalue weighted by Crippen LogP contribution is 2.23. The lowest BCUT2D eigenvalue weighted by molar-refractivity contribution is 0.289. The minimum Gasteiger partial charge on any atom is -0.485 e. The number of fused-ring (bicyclic) bond motifs is 1. The van der Waals surface area contributed by atoms with Crippen LogP contribution in [0.15, 0.2) is 79.4 Å². The second kappa shape index (κ2) is 8.36. The minimum atomic E-state index is 0.424. The van der Waals surface area contributed by atoms with E-state index in [2.05, 4.69) is 67.5 Å². The molecule has 29 heavy (non-hydrogen) atoms. The van der Waals surface area contributed by atoms with E-state index in [9.17, 15) is 0 Å². The van der Waals surface area contributed by atoms with Crippen LogP contribution in [0.1, 0.15) is 28.1 Å². The molecule has 4 rings (SSSR count). The van der Waals surface area contributed by atoms with Gasteiger partial charge in [-0.05, 0) is 55.2 Å². The van der Waals surface area contributed by atoms with Crippen molar-refractivity contribution >= 4 is 11.0 Å². The smallest absolute Gasteiger partial charge is 0.148 e. The molecule has 1 aromatic heterocycles. The van der Waals surface area contributed by atoms with Crippen molar-refractivity contribution in [2.75, 3.05) is 0 Å². The lowest BCUT2D eigenvalue weighted by Crippen LogP contribution is -2.10. The van der Waals surface area contributed by atoms with Gasteiger partial charge in [0.15, 0.2) is 0 Å². The highest BCUT2D eigenvalue weighted by atomic mass is 16.5. The van der Waals surface area contributed by atoms with Crippen molar-refractivity contribution in [2.24, 2.45) is 0 Å². The molecule has 0 amide bonds. The van der Waals surface area contributed by atoms with Gasteiger partial charge in [-0.2, -0.15) is 0 Å². The van der Waals surface area contributed by atoms with Crippen molar-refractivity contribution in [3.05, 3.63) is 107 Å². The highest BCUT2D eigenvalue weighted by molar-refractivity contribution is 5.76. The zero-order valence-corrected chi connectivity index (χ0v) is 17.1. The van der Waals surface area contributed by atoms with E-state index < -0.39 is 0 Å². The third kappa shape index (κ3) is 4.09. The highest BCUT2D eigenvalue weighted by Gasteiger charge is 2.13. The van der Waals surface area contributed by atoms with Gasteiger partial charge in [0.05, 0.1) is 11.0 Å². The van der Waals surface area contributed by atoms with Crippen LogP contribution in [0, 0.1) is 13.8 Å². The first kappa shape index (κ1) is 19.0. The number of imidazole rings is 1. The third-order valence-corrected chi connectivity index (χ3v) is 5.26. The molecule has 0 bridgehead atoms. The monoisotopic (exact) mass is 382 g/mol. The Kier molecular flexibility index (Phi) is 5.48. The number of rotatable bonds is 7. The van der Waals surface area contributed by atoms with Crippen LogP contribution in [0.2, 0.25) is 0 Å². The van der Waals surface area contributed by atoms with Crippen LogP contribution in [-0.4, -0.2) is 9.55 Å². The van der Waals surface area contributed by atoms with Crippen molar-refractivity contribution in [2.45, 2.75) is 33.4 Å². The van der Waals surface area contributed by atoms with Crippen molar-refractivity contribution in [1.29, 1.82) is 0 Å². The Balaban J connectivity index is 1.69. The summed E-state index contributed by atoms with van der Waals surface area (Å²) in [7, 11) is 0. The Morgan fingerprint density at radius 1 is 0.966 bits per heavy atom. The standard InChI is InChI=1S/C26H26N2O/c1-4-9-21-10-5-8-13-25(21)29-18-26-27-23-11-6-7-12-24(23)28(26)17-22-16-19(2)14-15-20(22)3/h4-8,10-16H,1,9,17-18H2,2-3H3. The summed E-state index contributed by atoms with van der Waals surface area (Å²) in [4.78, 5) is 4.87. The van der Waals surface area contributed by atoms with Gasteiger partial charge >= 0.3 is 0 Å². The SMILES string of the molecule is C=CCc1ccccc1OCc1nc2ccccc2n1Cc1cc(C)ccc1C. The van der Waals surface area contributed by atoms with E-state index in [1.165, 1.54) is 16.7 Å². The summed E-state index contributed by atoms with van der Waals surface area (Å²) in [6.45, 7) is 9.35. The number of aromatic nitrogens is 2. The van der Waals surface area contributed by atoms with Crippen molar-refractivity contribution < 1.29 is 4.74 Å². The number of aryl methyl sites for hydroxylation is 2. The van der Waals surface area contributed by atoms with E-state index in [0.29, 0.717) is 6.61 Å². The molecule has 0 unspecified atom stereocenters. The Bertz CT molecular complexity index is 1160. The van der Waals surface area contributed by atoms with E-state index in [0.717, 1.165) is 41.1 Å². The molecular weight excluding hydrogens is 356 g/mol. The maximum atomic E-state index is 6.21. The molecule has 0 saturated carbocycles. The lowest BCUT2D eigenvalue weighted by Gasteiger charge is -2.14. The van der Waals surface area contributed by atoms with E-state index in [1.54, 1.807) is 0 Å². The van der Waals surface area contributed by atoms with Gasteiger partial charge in [-0.1, -0.05) is 60.2 Å². The van der Waals surface area contributed by atoms with Crippen LogP contribution >= 0.6 is 0 Å². The molecule has 0 aliphatic carbocycles. The van der Waals surface area contributed by atoms with Gasteiger partial charge < -0.3 is 9.30 Å². The van der Waals surface area contributed by atoms with Crippen molar-refractivity contribution in [3.63, 3.8) is 0 Å². The number of ether oxygens (including phenoxy) is 1. The van der Waals surface area contributed by atoms with Gasteiger partial charge in [-0.25, -0.2) is 4.98 Å². The molecule has 3 aromatic carbocycles. The van der Waals surface area contributed by atoms with Gasteiger partial charge in [0.25, 0.3) is 0 Å². The van der Waals surface area contributed by atoms with Gasteiger partial charge in [0, 0.05) is 6.54 Å². The fourth-order valence-electron chi connectivity index (χ4n) is 3.66. The number of benzene rings is 3. The molecule has 0 aliphatic rings. The summed E-state index contributed by atoms with van der Waals surface area (Å²) >= 11 is 0. The topological polar surface area (TPSA) is 27.1 Å². The molecule has 3 nitrogen and oxygen atoms in total. The predicted octanol–water partition coefficient (Wildman–Crippen LogP) is 6.01. The molecule has 1 heterocycles. The molecule has 0 N–H and O–H groups in total. The summed E-state index contributed by atoms with van der Waals surface area (Å²) in [5.74, 6) is 1.82. The summed E-state index contributed by atoms with van der Waals surface area (Å²) < 4.78 is 8.48. The fourth-order valence-corrected chi connectivity index (χ4v) is 3.66. The average Bonchev–Trinajstić information content (AvgIpc) is 3.08. The predicted molar refractivity (Wildman–Crippen MR) is 119 cm³/mol. The number of hydrogen-bond acceptors (Lipinski definition) is 2. The molecule has 0 aliphatic heterocycles. The fraction of sp³-hybridized carbons (Fsp3) is 0.192. The van der Waals surface area contributed by atoms with Gasteiger partial charge in [0.1, 0.15) is 18.2 Å². The molecule has 0 fully saturated rings. The summed E-state index contributed by atoms with van der Waals surface area (Å²) in [6, 6.07) is 23.0. The van der Waals surface area contributed by atoms with E-state index >= 15 is 0 Å². The Hall–Kier alpha value is -3.33. The quantitative estimate of drug-likeness (QED) is 0.366. The molecule has 4 aromatic rings. The average molecular weight is 383 g/mol. The number of allylic oxidation sites excluding steroid dienone is 1. The molecular formula is C26H26N2O. The summed E-state index contributed by atoms with van der Waals surface area (Å²) in [5.41, 5.74) is 7.13. The third-order valence-electron chi connectivity index (χ3n) is 5.26. The van der Waals surface area contributed by atoms with Crippen molar-refractivity contribution in [1.82, 2.24) is 9.55 Å².